The molecule has 4 nitrogen and oxygen atoms in total. The van der Waals surface area contributed by atoms with Crippen LogP contribution >= 0.6 is 15.9 Å². The predicted octanol–water partition coefficient (Wildman–Crippen LogP) is 2.60. The van der Waals surface area contributed by atoms with E-state index in [-0.39, 0.29) is 9.94 Å². The van der Waals surface area contributed by atoms with Gasteiger partial charge in [0, 0.05) is 0 Å². The summed E-state index contributed by atoms with van der Waals surface area (Å²) in [5.41, 5.74) is -2.33. The van der Waals surface area contributed by atoms with Gasteiger partial charge in [-0.1, -0.05) is 6.07 Å². The molecule has 0 heterocycles. The number of hydrogen-bond acceptors (Lipinski definition) is 4. The first-order valence-electron chi connectivity index (χ1n) is 6.36. The van der Waals surface area contributed by atoms with Gasteiger partial charge < -0.3 is 19.5 Å². The Labute approximate surface area is 135 Å². The number of aliphatic hydroxyl groups is 1. The summed E-state index contributed by atoms with van der Waals surface area (Å²) in [5, 5.41) is 20.0. The average molecular weight is 385 g/mol. The standard InChI is InChI=1S/C13H17BBrF3O4/c1-11(2,19)12(3,4)22-14(20)8-5-6-9(15)10(7-8)21-13(16,17)18/h5-7,19-20H,1-4H3. The first-order valence-corrected chi connectivity index (χ1v) is 7.16. The Morgan fingerprint density at radius 2 is 1.68 bits per heavy atom. The minimum absolute atomic E-state index is 0.0692. The van der Waals surface area contributed by atoms with E-state index in [9.17, 15) is 23.3 Å². The molecule has 0 aliphatic rings. The van der Waals surface area contributed by atoms with E-state index < -0.39 is 30.4 Å². The molecule has 0 unspecified atom stereocenters. The van der Waals surface area contributed by atoms with Crippen LogP contribution in [-0.4, -0.2) is 34.8 Å². The van der Waals surface area contributed by atoms with Crippen LogP contribution in [0.4, 0.5) is 13.2 Å². The minimum atomic E-state index is -4.85. The molecule has 0 saturated heterocycles. The SMILES string of the molecule is CC(C)(O)C(C)(C)OB(O)c1ccc(Br)c(OC(F)(F)F)c1. The van der Waals surface area contributed by atoms with Gasteiger partial charge in [-0.05, 0) is 61.2 Å². The summed E-state index contributed by atoms with van der Waals surface area (Å²) in [5.74, 6) is -0.492. The smallest absolute Gasteiger partial charge is 0.423 e. The maximum Gasteiger partial charge on any atom is 0.573 e. The van der Waals surface area contributed by atoms with Crippen LogP contribution in [0, 0.1) is 0 Å². The molecule has 0 spiro atoms. The van der Waals surface area contributed by atoms with E-state index in [1.165, 1.54) is 26.0 Å². The Morgan fingerprint density at radius 3 is 2.14 bits per heavy atom. The molecule has 0 saturated carbocycles. The van der Waals surface area contributed by atoms with Crippen LogP contribution in [0.5, 0.6) is 5.75 Å². The van der Waals surface area contributed by atoms with Crippen LogP contribution in [0.25, 0.3) is 0 Å². The molecular formula is C13H17BBrF3O4. The molecule has 9 heteroatoms. The first-order chi connectivity index (χ1) is 9.73. The second kappa shape index (κ2) is 6.39. The van der Waals surface area contributed by atoms with Gasteiger partial charge >= 0.3 is 13.5 Å². The van der Waals surface area contributed by atoms with E-state index in [1.807, 2.05) is 0 Å². The van der Waals surface area contributed by atoms with Gasteiger partial charge in [0.15, 0.2) is 0 Å². The summed E-state index contributed by atoms with van der Waals surface area (Å²) in [6.45, 7) is 6.11. The van der Waals surface area contributed by atoms with E-state index >= 15 is 0 Å². The zero-order valence-corrected chi connectivity index (χ0v) is 14.1. The predicted molar refractivity (Wildman–Crippen MR) is 79.9 cm³/mol. The van der Waals surface area contributed by atoms with Crippen LogP contribution in [0.1, 0.15) is 27.7 Å². The lowest BCUT2D eigenvalue weighted by atomic mass is 9.76. The van der Waals surface area contributed by atoms with Crippen LogP contribution in [0.3, 0.4) is 0 Å². The highest BCUT2D eigenvalue weighted by atomic mass is 79.9. The highest BCUT2D eigenvalue weighted by molar-refractivity contribution is 9.10. The highest BCUT2D eigenvalue weighted by Gasteiger charge is 2.40. The van der Waals surface area contributed by atoms with Crippen molar-refractivity contribution in [3.05, 3.63) is 22.7 Å². The Hall–Kier alpha value is -0.765. The molecule has 0 aromatic heterocycles. The summed E-state index contributed by atoms with van der Waals surface area (Å²) < 4.78 is 46.2. The lowest BCUT2D eigenvalue weighted by Crippen LogP contribution is -2.53. The van der Waals surface area contributed by atoms with Crippen LogP contribution in [-0.2, 0) is 4.65 Å². The minimum Gasteiger partial charge on any atom is -0.423 e. The lowest BCUT2D eigenvalue weighted by molar-refractivity contribution is -0.274. The number of alkyl halides is 3. The van der Waals surface area contributed by atoms with Gasteiger partial charge in [0.25, 0.3) is 0 Å². The molecule has 0 aliphatic heterocycles. The average Bonchev–Trinajstić information content (AvgIpc) is 2.28. The van der Waals surface area contributed by atoms with Gasteiger partial charge in [-0.15, -0.1) is 13.2 Å². The van der Waals surface area contributed by atoms with Gasteiger partial charge in [0.1, 0.15) is 5.75 Å². The lowest BCUT2D eigenvalue weighted by Gasteiger charge is -2.38. The van der Waals surface area contributed by atoms with E-state index in [1.54, 1.807) is 13.8 Å². The Kier molecular flexibility index (Phi) is 5.60. The maximum absolute atomic E-state index is 12.3. The van der Waals surface area contributed by atoms with Crippen molar-refractivity contribution in [3.8, 4) is 5.75 Å². The number of benzene rings is 1. The fourth-order valence-electron chi connectivity index (χ4n) is 1.37. The number of rotatable bonds is 5. The Bertz CT molecular complexity index is 529. The van der Waals surface area contributed by atoms with Crippen molar-refractivity contribution in [1.29, 1.82) is 0 Å². The zero-order chi connectivity index (χ0) is 17.3. The summed E-state index contributed by atoms with van der Waals surface area (Å²) in [6, 6.07) is 3.71. The zero-order valence-electron chi connectivity index (χ0n) is 12.5. The van der Waals surface area contributed by atoms with Crippen LogP contribution < -0.4 is 10.2 Å². The van der Waals surface area contributed by atoms with Crippen molar-refractivity contribution in [1.82, 2.24) is 0 Å². The quantitative estimate of drug-likeness (QED) is 0.766. The molecule has 2 N–H and O–H groups in total. The maximum atomic E-state index is 12.3. The van der Waals surface area contributed by atoms with E-state index in [0.717, 1.165) is 6.07 Å². The van der Waals surface area contributed by atoms with Crippen molar-refractivity contribution < 1.29 is 32.7 Å². The van der Waals surface area contributed by atoms with Gasteiger partial charge in [-0.3, -0.25) is 0 Å². The summed E-state index contributed by atoms with van der Waals surface area (Å²) >= 11 is 2.94. The molecule has 0 atom stereocenters. The van der Waals surface area contributed by atoms with Gasteiger partial charge in [0.05, 0.1) is 15.7 Å². The monoisotopic (exact) mass is 384 g/mol. The van der Waals surface area contributed by atoms with Crippen molar-refractivity contribution >= 4 is 28.5 Å². The van der Waals surface area contributed by atoms with Gasteiger partial charge in [-0.25, -0.2) is 0 Å². The summed E-state index contributed by atoms with van der Waals surface area (Å²) in [7, 11) is -1.52. The number of hydrogen-bond donors (Lipinski definition) is 2. The van der Waals surface area contributed by atoms with Crippen LogP contribution in [0.15, 0.2) is 22.7 Å². The molecule has 1 aromatic rings. The third kappa shape index (κ3) is 5.15. The second-order valence-electron chi connectivity index (χ2n) is 5.78. The Morgan fingerprint density at radius 1 is 1.14 bits per heavy atom. The fourth-order valence-corrected chi connectivity index (χ4v) is 1.70. The summed E-state index contributed by atoms with van der Waals surface area (Å²) in [4.78, 5) is 0. The topological polar surface area (TPSA) is 58.9 Å². The van der Waals surface area contributed by atoms with Crippen molar-refractivity contribution in [3.63, 3.8) is 0 Å². The molecule has 1 aromatic carbocycles. The normalized spacial score (nSPS) is 13.2. The molecule has 0 radical (unpaired) electrons. The number of ether oxygens (including phenoxy) is 1. The first kappa shape index (κ1) is 19.3. The van der Waals surface area contributed by atoms with E-state index in [0.29, 0.717) is 0 Å². The van der Waals surface area contributed by atoms with Crippen molar-refractivity contribution in [2.24, 2.45) is 0 Å². The molecular weight excluding hydrogens is 368 g/mol. The van der Waals surface area contributed by atoms with Crippen molar-refractivity contribution in [2.45, 2.75) is 45.3 Å². The molecule has 0 aliphatic carbocycles. The largest absolute Gasteiger partial charge is 0.573 e. The second-order valence-corrected chi connectivity index (χ2v) is 6.63. The van der Waals surface area contributed by atoms with Gasteiger partial charge in [-0.2, -0.15) is 0 Å². The Balaban J connectivity index is 3.00. The third-order valence-corrected chi connectivity index (χ3v) is 4.00. The highest BCUT2D eigenvalue weighted by Crippen LogP contribution is 2.30. The van der Waals surface area contributed by atoms with Gasteiger partial charge in [0.2, 0.25) is 0 Å². The molecule has 0 amide bonds. The third-order valence-electron chi connectivity index (χ3n) is 3.35. The van der Waals surface area contributed by atoms with Crippen molar-refractivity contribution in [2.75, 3.05) is 0 Å². The van der Waals surface area contributed by atoms with E-state index in [2.05, 4.69) is 20.7 Å². The molecule has 1 rings (SSSR count). The molecule has 22 heavy (non-hydrogen) atoms. The molecule has 124 valence electrons. The van der Waals surface area contributed by atoms with Crippen LogP contribution in [0.2, 0.25) is 0 Å². The summed E-state index contributed by atoms with van der Waals surface area (Å²) in [6.07, 6.45) is -4.85. The number of halogens is 4. The fraction of sp³-hybridized carbons (Fsp3) is 0.538. The molecule has 0 fully saturated rings. The van der Waals surface area contributed by atoms with E-state index in [4.69, 9.17) is 4.65 Å². The molecule has 0 bridgehead atoms.